The van der Waals surface area contributed by atoms with Crippen molar-refractivity contribution in [1.82, 2.24) is 15.3 Å². The Kier molecular flexibility index (Phi) is 5.53. The van der Waals surface area contributed by atoms with Gasteiger partial charge in [-0.05, 0) is 25.0 Å². The van der Waals surface area contributed by atoms with Crippen LogP contribution in [0.15, 0.2) is 30.6 Å². The molecular formula is C18H20F2N4O. The minimum atomic E-state index is -0.733. The van der Waals surface area contributed by atoms with Gasteiger partial charge in [0.25, 0.3) is 5.91 Å². The van der Waals surface area contributed by atoms with E-state index in [1.54, 1.807) is 0 Å². The molecule has 2 N–H and O–H groups in total. The van der Waals surface area contributed by atoms with Crippen molar-refractivity contribution in [3.63, 3.8) is 0 Å². The molecule has 1 saturated carbocycles. The number of rotatable bonds is 4. The summed E-state index contributed by atoms with van der Waals surface area (Å²) in [6, 6.07) is 5.10. The number of para-hydroxylation sites is 1. The summed E-state index contributed by atoms with van der Waals surface area (Å²) in [5, 5.41) is 5.55. The van der Waals surface area contributed by atoms with Crippen molar-refractivity contribution in [2.45, 2.75) is 44.6 Å². The summed E-state index contributed by atoms with van der Waals surface area (Å²) in [5.74, 6) is -1.61. The van der Waals surface area contributed by atoms with Crippen molar-refractivity contribution in [3.8, 4) is 0 Å². The first-order valence-corrected chi connectivity index (χ1v) is 8.47. The van der Waals surface area contributed by atoms with Gasteiger partial charge in [-0.3, -0.25) is 4.79 Å². The summed E-state index contributed by atoms with van der Waals surface area (Å²) < 4.78 is 27.4. The van der Waals surface area contributed by atoms with Crippen LogP contribution in [0.4, 0.5) is 20.3 Å². The summed E-state index contributed by atoms with van der Waals surface area (Å²) in [6.07, 6.45) is 7.72. The van der Waals surface area contributed by atoms with Gasteiger partial charge in [0.1, 0.15) is 35.2 Å². The van der Waals surface area contributed by atoms with Crippen LogP contribution in [-0.4, -0.2) is 21.9 Å². The molecule has 0 radical (unpaired) electrons. The van der Waals surface area contributed by atoms with Crippen LogP contribution >= 0.6 is 0 Å². The Balaban J connectivity index is 1.71. The molecule has 1 fully saturated rings. The number of benzene rings is 1. The molecule has 2 aromatic rings. The fourth-order valence-electron chi connectivity index (χ4n) is 2.98. The zero-order valence-corrected chi connectivity index (χ0v) is 13.8. The van der Waals surface area contributed by atoms with E-state index in [-0.39, 0.29) is 29.1 Å². The van der Waals surface area contributed by atoms with Crippen LogP contribution in [-0.2, 0) is 0 Å². The normalized spacial score (nSPS) is 15.4. The van der Waals surface area contributed by atoms with Gasteiger partial charge in [0.2, 0.25) is 0 Å². The van der Waals surface area contributed by atoms with Gasteiger partial charge in [-0.25, -0.2) is 18.7 Å². The molecule has 0 atom stereocenters. The molecule has 0 saturated heterocycles. The highest BCUT2D eigenvalue weighted by Gasteiger charge is 2.17. The lowest BCUT2D eigenvalue weighted by Gasteiger charge is -2.16. The van der Waals surface area contributed by atoms with Crippen LogP contribution in [0.25, 0.3) is 0 Å². The van der Waals surface area contributed by atoms with Gasteiger partial charge in [0, 0.05) is 12.1 Å². The fraction of sp³-hybridized carbons (Fsp3) is 0.389. The maximum absolute atomic E-state index is 13.7. The number of aromatic nitrogens is 2. The smallest absolute Gasteiger partial charge is 0.270 e. The molecular weight excluding hydrogens is 326 g/mol. The molecule has 1 amide bonds. The summed E-state index contributed by atoms with van der Waals surface area (Å²) >= 11 is 0. The summed E-state index contributed by atoms with van der Waals surface area (Å²) in [5.41, 5.74) is -0.144. The van der Waals surface area contributed by atoms with E-state index >= 15 is 0 Å². The topological polar surface area (TPSA) is 66.9 Å². The predicted octanol–water partition coefficient (Wildman–Crippen LogP) is 3.95. The highest BCUT2D eigenvalue weighted by Crippen LogP contribution is 2.22. The van der Waals surface area contributed by atoms with E-state index in [2.05, 4.69) is 20.6 Å². The van der Waals surface area contributed by atoms with Gasteiger partial charge in [-0.2, -0.15) is 0 Å². The number of amides is 1. The van der Waals surface area contributed by atoms with E-state index in [9.17, 15) is 13.6 Å². The average Bonchev–Trinajstić information content (AvgIpc) is 2.87. The van der Waals surface area contributed by atoms with Crippen LogP contribution in [0, 0.1) is 11.6 Å². The summed E-state index contributed by atoms with van der Waals surface area (Å²) in [4.78, 5) is 20.3. The molecule has 1 aliphatic rings. The van der Waals surface area contributed by atoms with Crippen molar-refractivity contribution < 1.29 is 13.6 Å². The Morgan fingerprint density at radius 2 is 1.72 bits per heavy atom. The number of hydrogen-bond donors (Lipinski definition) is 2. The Labute approximate surface area is 144 Å². The third-order valence-corrected chi connectivity index (χ3v) is 4.31. The van der Waals surface area contributed by atoms with E-state index in [1.165, 1.54) is 31.3 Å². The molecule has 1 aromatic heterocycles. The standard InChI is InChI=1S/C18H20F2N4O/c19-13-8-5-9-14(20)17(13)24-16-10-15(21-11-22-16)18(25)23-12-6-3-1-2-4-7-12/h5,8-12H,1-4,6-7H2,(H,23,25)(H,21,22,24). The zero-order valence-electron chi connectivity index (χ0n) is 13.8. The highest BCUT2D eigenvalue weighted by atomic mass is 19.1. The van der Waals surface area contributed by atoms with E-state index in [1.807, 2.05) is 0 Å². The average molecular weight is 346 g/mol. The molecule has 1 aromatic carbocycles. The molecule has 0 unspecified atom stereocenters. The summed E-state index contributed by atoms with van der Waals surface area (Å²) in [6.45, 7) is 0. The second kappa shape index (κ2) is 8.00. The molecule has 132 valence electrons. The number of nitrogens with one attached hydrogen (secondary N) is 2. The Hall–Kier alpha value is -2.57. The maximum Gasteiger partial charge on any atom is 0.270 e. The van der Waals surface area contributed by atoms with Crippen molar-refractivity contribution in [3.05, 3.63) is 47.9 Å². The number of nitrogens with zero attached hydrogens (tertiary/aromatic N) is 2. The van der Waals surface area contributed by atoms with Crippen molar-refractivity contribution in [2.24, 2.45) is 0 Å². The minimum absolute atomic E-state index is 0.144. The number of halogens is 2. The molecule has 7 heteroatoms. The lowest BCUT2D eigenvalue weighted by atomic mass is 10.1. The lowest BCUT2D eigenvalue weighted by molar-refractivity contribution is 0.0928. The van der Waals surface area contributed by atoms with E-state index < -0.39 is 11.6 Å². The van der Waals surface area contributed by atoms with Gasteiger partial charge >= 0.3 is 0 Å². The Morgan fingerprint density at radius 3 is 2.40 bits per heavy atom. The number of hydrogen-bond acceptors (Lipinski definition) is 4. The van der Waals surface area contributed by atoms with E-state index in [4.69, 9.17) is 0 Å². The minimum Gasteiger partial charge on any atom is -0.348 e. The Morgan fingerprint density at radius 1 is 1.04 bits per heavy atom. The second-order valence-corrected chi connectivity index (χ2v) is 6.17. The van der Waals surface area contributed by atoms with Gasteiger partial charge in [0.15, 0.2) is 0 Å². The zero-order chi connectivity index (χ0) is 17.6. The third kappa shape index (κ3) is 4.49. The lowest BCUT2D eigenvalue weighted by Crippen LogP contribution is -2.34. The molecule has 1 aliphatic carbocycles. The highest BCUT2D eigenvalue weighted by molar-refractivity contribution is 5.93. The number of carbonyl (C=O) groups is 1. The van der Waals surface area contributed by atoms with Gasteiger partial charge < -0.3 is 10.6 Å². The molecule has 0 aliphatic heterocycles. The maximum atomic E-state index is 13.7. The third-order valence-electron chi connectivity index (χ3n) is 4.31. The fourth-order valence-corrected chi connectivity index (χ4v) is 2.98. The first kappa shape index (κ1) is 17.3. The quantitative estimate of drug-likeness (QED) is 0.823. The molecule has 5 nitrogen and oxygen atoms in total. The molecule has 0 spiro atoms. The first-order valence-electron chi connectivity index (χ1n) is 8.47. The second-order valence-electron chi connectivity index (χ2n) is 6.17. The molecule has 0 bridgehead atoms. The van der Waals surface area contributed by atoms with Crippen molar-refractivity contribution in [2.75, 3.05) is 5.32 Å². The van der Waals surface area contributed by atoms with Crippen molar-refractivity contribution in [1.29, 1.82) is 0 Å². The van der Waals surface area contributed by atoms with Gasteiger partial charge in [0.05, 0.1) is 0 Å². The van der Waals surface area contributed by atoms with E-state index in [0.29, 0.717) is 0 Å². The van der Waals surface area contributed by atoms with E-state index in [0.717, 1.165) is 37.8 Å². The summed E-state index contributed by atoms with van der Waals surface area (Å²) in [7, 11) is 0. The first-order chi connectivity index (χ1) is 12.1. The molecule has 25 heavy (non-hydrogen) atoms. The molecule has 1 heterocycles. The number of carbonyl (C=O) groups excluding carboxylic acids is 1. The van der Waals surface area contributed by atoms with Crippen LogP contribution < -0.4 is 10.6 Å². The van der Waals surface area contributed by atoms with Crippen LogP contribution in [0.2, 0.25) is 0 Å². The largest absolute Gasteiger partial charge is 0.348 e. The Bertz CT molecular complexity index is 725. The van der Waals surface area contributed by atoms with Gasteiger partial charge in [-0.1, -0.05) is 31.7 Å². The molecule has 3 rings (SSSR count). The van der Waals surface area contributed by atoms with Crippen LogP contribution in [0.5, 0.6) is 0 Å². The SMILES string of the molecule is O=C(NC1CCCCCC1)c1cc(Nc2c(F)cccc2F)ncn1. The van der Waals surface area contributed by atoms with Crippen LogP contribution in [0.3, 0.4) is 0 Å². The van der Waals surface area contributed by atoms with Crippen LogP contribution in [0.1, 0.15) is 49.0 Å². The monoisotopic (exact) mass is 346 g/mol. The van der Waals surface area contributed by atoms with Gasteiger partial charge in [-0.15, -0.1) is 0 Å². The number of anilines is 2. The van der Waals surface area contributed by atoms with Crippen molar-refractivity contribution >= 4 is 17.4 Å². The predicted molar refractivity (Wildman–Crippen MR) is 90.6 cm³/mol.